The van der Waals surface area contributed by atoms with Crippen LogP contribution in [0.4, 0.5) is 5.69 Å². The Hall–Kier alpha value is -3.66. The molecule has 33 heavy (non-hydrogen) atoms. The standard InChI is InChI=1S/C23H24N2O7S/c1-14-21(15(2)32-24-14)13-30-20-11-7-18(8-12-20)23(27)31-16(3)22(26)17-5-9-19(10-6-17)25-33(4,28)29/h5-12,16,25H,13H2,1-4H3. The van der Waals surface area contributed by atoms with Gasteiger partial charge in [-0.2, -0.15) is 0 Å². The van der Waals surface area contributed by atoms with Crippen molar-refractivity contribution >= 4 is 27.5 Å². The number of nitrogens with one attached hydrogen (secondary N) is 1. The molecule has 1 atom stereocenters. The van der Waals surface area contributed by atoms with Crippen molar-refractivity contribution in [3.05, 3.63) is 76.7 Å². The zero-order valence-electron chi connectivity index (χ0n) is 18.6. The van der Waals surface area contributed by atoms with E-state index in [0.29, 0.717) is 17.2 Å². The summed E-state index contributed by atoms with van der Waals surface area (Å²) in [6.45, 7) is 5.40. The van der Waals surface area contributed by atoms with Crippen LogP contribution in [0, 0.1) is 13.8 Å². The van der Waals surface area contributed by atoms with Crippen molar-refractivity contribution in [2.75, 3.05) is 11.0 Å². The van der Waals surface area contributed by atoms with Gasteiger partial charge in [-0.3, -0.25) is 9.52 Å². The van der Waals surface area contributed by atoms with E-state index >= 15 is 0 Å². The van der Waals surface area contributed by atoms with Crippen molar-refractivity contribution in [1.29, 1.82) is 0 Å². The molecule has 0 saturated carbocycles. The summed E-state index contributed by atoms with van der Waals surface area (Å²) in [6.07, 6.45) is 0.00662. The minimum atomic E-state index is -3.42. The lowest BCUT2D eigenvalue weighted by molar-refractivity contribution is 0.0319. The molecular formula is C23H24N2O7S. The maximum Gasteiger partial charge on any atom is 0.338 e. The van der Waals surface area contributed by atoms with Gasteiger partial charge in [-0.25, -0.2) is 13.2 Å². The summed E-state index contributed by atoms with van der Waals surface area (Å²) < 4.78 is 41.0. The maximum absolute atomic E-state index is 12.6. The topological polar surface area (TPSA) is 125 Å². The molecule has 0 radical (unpaired) electrons. The lowest BCUT2D eigenvalue weighted by Gasteiger charge is -2.13. The van der Waals surface area contributed by atoms with Crippen LogP contribution in [0.1, 0.15) is 44.7 Å². The molecule has 0 aliphatic carbocycles. The van der Waals surface area contributed by atoms with E-state index in [0.717, 1.165) is 17.5 Å². The third-order valence-electron chi connectivity index (χ3n) is 4.78. The Balaban J connectivity index is 1.57. The molecule has 1 heterocycles. The number of sulfonamides is 1. The van der Waals surface area contributed by atoms with E-state index in [1.165, 1.54) is 31.2 Å². The molecule has 9 nitrogen and oxygen atoms in total. The molecule has 0 spiro atoms. The highest BCUT2D eigenvalue weighted by molar-refractivity contribution is 7.92. The molecule has 3 rings (SSSR count). The van der Waals surface area contributed by atoms with Gasteiger partial charge in [0.15, 0.2) is 6.10 Å². The number of nitrogens with zero attached hydrogens (tertiary/aromatic N) is 1. The number of ketones is 1. The van der Waals surface area contributed by atoms with Crippen LogP contribution >= 0.6 is 0 Å². The Bertz CT molecular complexity index is 1230. The predicted octanol–water partition coefficient (Wildman–Crippen LogP) is 3.67. The Kier molecular flexibility index (Phi) is 7.17. The zero-order valence-corrected chi connectivity index (χ0v) is 19.4. The fourth-order valence-electron chi connectivity index (χ4n) is 2.98. The van der Waals surface area contributed by atoms with Crippen LogP contribution in [0.15, 0.2) is 53.1 Å². The van der Waals surface area contributed by atoms with Crippen molar-refractivity contribution in [1.82, 2.24) is 5.16 Å². The summed E-state index contributed by atoms with van der Waals surface area (Å²) in [5, 5.41) is 3.88. The fourth-order valence-corrected chi connectivity index (χ4v) is 3.55. The normalized spacial score (nSPS) is 12.1. The number of ether oxygens (including phenoxy) is 2. The number of carbonyl (C=O) groups is 2. The van der Waals surface area contributed by atoms with Crippen LogP contribution in [0.5, 0.6) is 5.75 Å². The molecule has 0 aliphatic rings. The van der Waals surface area contributed by atoms with Crippen LogP contribution in [0.2, 0.25) is 0 Å². The monoisotopic (exact) mass is 472 g/mol. The van der Waals surface area contributed by atoms with Gasteiger partial charge in [-0.05, 0) is 69.3 Å². The molecule has 1 N–H and O–H groups in total. The molecular weight excluding hydrogens is 448 g/mol. The largest absolute Gasteiger partial charge is 0.489 e. The summed E-state index contributed by atoms with van der Waals surface area (Å²) in [6, 6.07) is 12.2. The number of carbonyl (C=O) groups excluding carboxylic acids is 2. The quantitative estimate of drug-likeness (QED) is 0.369. The number of hydrogen-bond donors (Lipinski definition) is 1. The van der Waals surface area contributed by atoms with Gasteiger partial charge in [-0.1, -0.05) is 5.16 Å². The average Bonchev–Trinajstić information content (AvgIpc) is 3.08. The van der Waals surface area contributed by atoms with E-state index in [1.807, 2.05) is 6.92 Å². The van der Waals surface area contributed by atoms with E-state index in [1.54, 1.807) is 31.2 Å². The van der Waals surface area contributed by atoms with Crippen LogP contribution in [-0.2, 0) is 21.4 Å². The minimum Gasteiger partial charge on any atom is -0.489 e. The number of rotatable bonds is 9. The SMILES string of the molecule is Cc1noc(C)c1COc1ccc(C(=O)OC(C)C(=O)c2ccc(NS(C)(=O)=O)cc2)cc1. The first-order chi connectivity index (χ1) is 15.5. The van der Waals surface area contributed by atoms with Crippen molar-refractivity contribution in [3.63, 3.8) is 0 Å². The van der Waals surface area contributed by atoms with Crippen molar-refractivity contribution in [3.8, 4) is 5.75 Å². The Morgan fingerprint density at radius 2 is 1.64 bits per heavy atom. The predicted molar refractivity (Wildman–Crippen MR) is 121 cm³/mol. The molecule has 0 fully saturated rings. The summed E-state index contributed by atoms with van der Waals surface area (Å²) in [5.41, 5.74) is 2.51. The highest BCUT2D eigenvalue weighted by Crippen LogP contribution is 2.19. The number of aryl methyl sites for hydroxylation is 2. The summed E-state index contributed by atoms with van der Waals surface area (Å²) in [7, 11) is -3.42. The van der Waals surface area contributed by atoms with Crippen LogP contribution in [-0.4, -0.2) is 37.7 Å². The van der Waals surface area contributed by atoms with Gasteiger partial charge < -0.3 is 14.0 Å². The second-order valence-corrected chi connectivity index (χ2v) is 9.23. The van der Waals surface area contributed by atoms with Crippen molar-refractivity contribution in [2.45, 2.75) is 33.5 Å². The molecule has 3 aromatic rings. The van der Waals surface area contributed by atoms with Crippen molar-refractivity contribution < 1.29 is 32.0 Å². The first-order valence-corrected chi connectivity index (χ1v) is 11.9. The smallest absolute Gasteiger partial charge is 0.338 e. The van der Waals surface area contributed by atoms with Crippen LogP contribution < -0.4 is 9.46 Å². The Labute approximate surface area is 191 Å². The van der Waals surface area contributed by atoms with Gasteiger partial charge in [0.25, 0.3) is 0 Å². The number of anilines is 1. The summed E-state index contributed by atoms with van der Waals surface area (Å²) >= 11 is 0. The van der Waals surface area contributed by atoms with Gasteiger partial charge in [0.1, 0.15) is 18.1 Å². The number of benzene rings is 2. The van der Waals surface area contributed by atoms with Crippen molar-refractivity contribution in [2.24, 2.45) is 0 Å². The lowest BCUT2D eigenvalue weighted by atomic mass is 10.1. The number of esters is 1. The summed E-state index contributed by atoms with van der Waals surface area (Å²) in [4.78, 5) is 25.0. The molecule has 0 amide bonds. The molecule has 0 saturated heterocycles. The van der Waals surface area contributed by atoms with Gasteiger partial charge >= 0.3 is 5.97 Å². The molecule has 0 bridgehead atoms. The molecule has 0 aliphatic heterocycles. The third kappa shape index (κ3) is 6.42. The van der Waals surface area contributed by atoms with E-state index in [2.05, 4.69) is 9.88 Å². The Morgan fingerprint density at radius 3 is 2.18 bits per heavy atom. The van der Waals surface area contributed by atoms with Gasteiger partial charge in [0, 0.05) is 11.3 Å². The van der Waals surface area contributed by atoms with E-state index in [4.69, 9.17) is 14.0 Å². The number of hydrogen-bond acceptors (Lipinski definition) is 8. The molecule has 10 heteroatoms. The second-order valence-electron chi connectivity index (χ2n) is 7.48. The van der Waals surface area contributed by atoms with Crippen LogP contribution in [0.25, 0.3) is 0 Å². The van der Waals surface area contributed by atoms with Gasteiger partial charge in [-0.15, -0.1) is 0 Å². The lowest BCUT2D eigenvalue weighted by Crippen LogP contribution is -2.24. The molecule has 2 aromatic carbocycles. The molecule has 1 unspecified atom stereocenters. The average molecular weight is 473 g/mol. The van der Waals surface area contributed by atoms with E-state index < -0.39 is 27.9 Å². The molecule has 174 valence electrons. The zero-order chi connectivity index (χ0) is 24.2. The third-order valence-corrected chi connectivity index (χ3v) is 5.39. The minimum absolute atomic E-state index is 0.270. The maximum atomic E-state index is 12.6. The second kappa shape index (κ2) is 9.86. The first-order valence-electron chi connectivity index (χ1n) is 10.0. The molecule has 1 aromatic heterocycles. The van der Waals surface area contributed by atoms with Gasteiger partial charge in [0.05, 0.1) is 23.1 Å². The number of aromatic nitrogens is 1. The van der Waals surface area contributed by atoms with Gasteiger partial charge in [0.2, 0.25) is 15.8 Å². The van der Waals surface area contributed by atoms with E-state index in [-0.39, 0.29) is 17.7 Å². The first kappa shape index (κ1) is 24.0. The highest BCUT2D eigenvalue weighted by atomic mass is 32.2. The summed E-state index contributed by atoms with van der Waals surface area (Å²) in [5.74, 6) is 0.184. The Morgan fingerprint density at radius 1 is 1.03 bits per heavy atom. The van der Waals surface area contributed by atoms with E-state index in [9.17, 15) is 18.0 Å². The van der Waals surface area contributed by atoms with Crippen LogP contribution in [0.3, 0.4) is 0 Å². The highest BCUT2D eigenvalue weighted by Gasteiger charge is 2.21. The fraction of sp³-hybridized carbons (Fsp3) is 0.261. The number of Topliss-reactive ketones (excluding diaryl/α,β-unsaturated/α-hetero) is 1.